The molecule has 0 saturated carbocycles. The van der Waals surface area contributed by atoms with Crippen molar-refractivity contribution in [3.63, 3.8) is 0 Å². The molecule has 2 N–H and O–H groups in total. The second kappa shape index (κ2) is 3.77. The summed E-state index contributed by atoms with van der Waals surface area (Å²) in [4.78, 5) is 4.34. The lowest BCUT2D eigenvalue weighted by Crippen LogP contribution is -1.97. The minimum absolute atomic E-state index is 0.818. The van der Waals surface area contributed by atoms with Gasteiger partial charge in [0.05, 0.1) is 0 Å². The molecule has 0 aliphatic heterocycles. The van der Waals surface area contributed by atoms with Gasteiger partial charge in [-0.25, -0.2) is 4.98 Å². The van der Waals surface area contributed by atoms with E-state index < -0.39 is 0 Å². The highest BCUT2D eigenvalue weighted by atomic mass is 15.1. The summed E-state index contributed by atoms with van der Waals surface area (Å²) in [6.07, 6.45) is 3.79. The predicted octanol–water partition coefficient (Wildman–Crippen LogP) is 2.46. The molecule has 0 saturated heterocycles. The Kier molecular flexibility index (Phi) is 2.46. The van der Waals surface area contributed by atoms with Gasteiger partial charge >= 0.3 is 0 Å². The number of nitrogens with two attached hydrogens (primary N) is 1. The van der Waals surface area contributed by atoms with Crippen LogP contribution in [0.5, 0.6) is 0 Å². The standard InChI is InChI=1S/C12H15N3/c1-3-15-7-6-14-12(15)10-5-4-9(2)11(13)8-10/h4-8H,3,13H2,1-2H3. The van der Waals surface area contributed by atoms with Crippen molar-refractivity contribution < 1.29 is 0 Å². The van der Waals surface area contributed by atoms with Crippen LogP contribution in [0.3, 0.4) is 0 Å². The minimum Gasteiger partial charge on any atom is -0.398 e. The number of nitrogen functional groups attached to an aromatic ring is 1. The Morgan fingerprint density at radius 2 is 2.20 bits per heavy atom. The summed E-state index contributed by atoms with van der Waals surface area (Å²) in [6, 6.07) is 6.06. The van der Waals surface area contributed by atoms with E-state index in [1.807, 2.05) is 31.5 Å². The third-order valence-corrected chi connectivity index (χ3v) is 2.59. The monoisotopic (exact) mass is 201 g/mol. The van der Waals surface area contributed by atoms with Crippen molar-refractivity contribution in [3.05, 3.63) is 36.2 Å². The van der Waals surface area contributed by atoms with Crippen LogP contribution in [0.15, 0.2) is 30.6 Å². The van der Waals surface area contributed by atoms with E-state index in [4.69, 9.17) is 5.73 Å². The van der Waals surface area contributed by atoms with Crippen LogP contribution >= 0.6 is 0 Å². The fourth-order valence-electron chi connectivity index (χ4n) is 1.60. The van der Waals surface area contributed by atoms with Gasteiger partial charge < -0.3 is 10.3 Å². The zero-order valence-corrected chi connectivity index (χ0v) is 9.07. The highest BCUT2D eigenvalue weighted by Crippen LogP contribution is 2.22. The van der Waals surface area contributed by atoms with Crippen LogP contribution < -0.4 is 5.73 Å². The molecule has 1 aromatic carbocycles. The van der Waals surface area contributed by atoms with Gasteiger partial charge in [-0.1, -0.05) is 12.1 Å². The number of hydrogen-bond donors (Lipinski definition) is 1. The molecule has 0 radical (unpaired) electrons. The molecule has 3 heteroatoms. The predicted molar refractivity (Wildman–Crippen MR) is 62.5 cm³/mol. The Hall–Kier alpha value is -1.77. The van der Waals surface area contributed by atoms with Crippen molar-refractivity contribution in [2.45, 2.75) is 20.4 Å². The molecule has 0 bridgehead atoms. The maximum absolute atomic E-state index is 5.88. The molecular formula is C12H15N3. The zero-order valence-electron chi connectivity index (χ0n) is 9.07. The molecule has 78 valence electrons. The van der Waals surface area contributed by atoms with E-state index in [1.54, 1.807) is 0 Å². The van der Waals surface area contributed by atoms with E-state index in [-0.39, 0.29) is 0 Å². The second-order valence-corrected chi connectivity index (χ2v) is 3.61. The normalized spacial score (nSPS) is 10.5. The quantitative estimate of drug-likeness (QED) is 0.758. The lowest BCUT2D eigenvalue weighted by molar-refractivity contribution is 0.771. The average molecular weight is 201 g/mol. The molecule has 0 spiro atoms. The second-order valence-electron chi connectivity index (χ2n) is 3.61. The molecule has 0 amide bonds. The first-order chi connectivity index (χ1) is 7.22. The van der Waals surface area contributed by atoms with Crippen molar-refractivity contribution in [1.29, 1.82) is 0 Å². The van der Waals surface area contributed by atoms with Gasteiger partial charge in [-0.3, -0.25) is 0 Å². The molecule has 0 atom stereocenters. The molecule has 3 nitrogen and oxygen atoms in total. The van der Waals surface area contributed by atoms with E-state index in [0.29, 0.717) is 0 Å². The van der Waals surface area contributed by atoms with Gasteiger partial charge in [0, 0.05) is 30.2 Å². The molecule has 2 aromatic rings. The molecule has 0 aliphatic carbocycles. The molecule has 1 aromatic heterocycles. The van der Waals surface area contributed by atoms with Crippen LogP contribution in [-0.2, 0) is 6.54 Å². The zero-order chi connectivity index (χ0) is 10.8. The molecular weight excluding hydrogens is 186 g/mol. The molecule has 1 heterocycles. The summed E-state index contributed by atoms with van der Waals surface area (Å²) in [6.45, 7) is 5.03. The molecule has 0 fully saturated rings. The van der Waals surface area contributed by atoms with Gasteiger partial charge in [0.2, 0.25) is 0 Å². The number of aryl methyl sites for hydroxylation is 2. The number of benzene rings is 1. The van der Waals surface area contributed by atoms with Crippen LogP contribution in [0.1, 0.15) is 12.5 Å². The van der Waals surface area contributed by atoms with Gasteiger partial charge in [0.15, 0.2) is 0 Å². The Labute approximate surface area is 89.6 Å². The first kappa shape index (κ1) is 9.77. The van der Waals surface area contributed by atoms with Crippen LogP contribution in [0, 0.1) is 6.92 Å². The molecule has 2 rings (SSSR count). The molecule has 0 unspecified atom stereocenters. The van der Waals surface area contributed by atoms with Gasteiger partial charge in [0.1, 0.15) is 5.82 Å². The first-order valence-electron chi connectivity index (χ1n) is 5.10. The Balaban J connectivity index is 2.50. The summed E-state index contributed by atoms with van der Waals surface area (Å²) in [7, 11) is 0. The highest BCUT2D eigenvalue weighted by Gasteiger charge is 2.05. The van der Waals surface area contributed by atoms with Crippen molar-refractivity contribution in [2.24, 2.45) is 0 Å². The number of rotatable bonds is 2. The Bertz CT molecular complexity index is 471. The number of imidazole rings is 1. The summed E-state index contributed by atoms with van der Waals surface area (Å²) >= 11 is 0. The van der Waals surface area contributed by atoms with Gasteiger partial charge in [0.25, 0.3) is 0 Å². The average Bonchev–Trinajstić information content (AvgIpc) is 2.70. The number of hydrogen-bond acceptors (Lipinski definition) is 2. The van der Waals surface area contributed by atoms with Crippen LogP contribution in [0.2, 0.25) is 0 Å². The van der Waals surface area contributed by atoms with E-state index in [9.17, 15) is 0 Å². The van der Waals surface area contributed by atoms with E-state index in [2.05, 4.69) is 22.5 Å². The van der Waals surface area contributed by atoms with Crippen LogP contribution in [0.25, 0.3) is 11.4 Å². The van der Waals surface area contributed by atoms with Crippen molar-refractivity contribution in [1.82, 2.24) is 9.55 Å². The van der Waals surface area contributed by atoms with Crippen molar-refractivity contribution in [2.75, 3.05) is 5.73 Å². The minimum atomic E-state index is 0.818. The van der Waals surface area contributed by atoms with Crippen molar-refractivity contribution >= 4 is 5.69 Å². The lowest BCUT2D eigenvalue weighted by atomic mass is 10.1. The summed E-state index contributed by atoms with van der Waals surface area (Å²) in [5.74, 6) is 0.976. The van der Waals surface area contributed by atoms with Crippen LogP contribution in [-0.4, -0.2) is 9.55 Å². The number of nitrogens with zero attached hydrogens (tertiary/aromatic N) is 2. The smallest absolute Gasteiger partial charge is 0.139 e. The maximum Gasteiger partial charge on any atom is 0.139 e. The third kappa shape index (κ3) is 1.73. The van der Waals surface area contributed by atoms with E-state index in [0.717, 1.165) is 29.2 Å². The van der Waals surface area contributed by atoms with Crippen molar-refractivity contribution in [3.8, 4) is 11.4 Å². The highest BCUT2D eigenvalue weighted by molar-refractivity contribution is 5.63. The largest absolute Gasteiger partial charge is 0.398 e. The SMILES string of the molecule is CCn1ccnc1-c1ccc(C)c(N)c1. The molecule has 15 heavy (non-hydrogen) atoms. The topological polar surface area (TPSA) is 43.8 Å². The fraction of sp³-hybridized carbons (Fsp3) is 0.250. The van der Waals surface area contributed by atoms with Gasteiger partial charge in [-0.05, 0) is 25.5 Å². The lowest BCUT2D eigenvalue weighted by Gasteiger charge is -2.06. The van der Waals surface area contributed by atoms with Crippen LogP contribution in [0.4, 0.5) is 5.69 Å². The number of aromatic nitrogens is 2. The van der Waals surface area contributed by atoms with Gasteiger partial charge in [-0.15, -0.1) is 0 Å². The fourth-order valence-corrected chi connectivity index (χ4v) is 1.60. The maximum atomic E-state index is 5.88. The van der Waals surface area contributed by atoms with Gasteiger partial charge in [-0.2, -0.15) is 0 Å². The number of anilines is 1. The third-order valence-electron chi connectivity index (χ3n) is 2.59. The summed E-state index contributed by atoms with van der Waals surface area (Å²) in [5.41, 5.74) is 8.88. The Morgan fingerprint density at radius 3 is 2.87 bits per heavy atom. The first-order valence-corrected chi connectivity index (χ1v) is 5.10. The Morgan fingerprint density at radius 1 is 1.40 bits per heavy atom. The summed E-state index contributed by atoms with van der Waals surface area (Å²) in [5, 5.41) is 0. The summed E-state index contributed by atoms with van der Waals surface area (Å²) < 4.78 is 2.10. The molecule has 0 aliphatic rings. The van der Waals surface area contributed by atoms with E-state index in [1.165, 1.54) is 0 Å². The van der Waals surface area contributed by atoms with E-state index >= 15 is 0 Å².